The van der Waals surface area contributed by atoms with Gasteiger partial charge in [-0.25, -0.2) is 0 Å². The van der Waals surface area contributed by atoms with Crippen LogP contribution in [0.15, 0.2) is 22.7 Å². The quantitative estimate of drug-likeness (QED) is 0.569. The first-order valence-corrected chi connectivity index (χ1v) is 8.70. The van der Waals surface area contributed by atoms with Crippen LogP contribution in [0.2, 0.25) is 0 Å². The maximum absolute atomic E-state index is 12.3. The second-order valence-corrected chi connectivity index (χ2v) is 7.11. The summed E-state index contributed by atoms with van der Waals surface area (Å²) in [6.45, 7) is 0.631. The Balaban J connectivity index is 1.97. The maximum Gasteiger partial charge on any atom is 0.299 e. The Bertz CT molecular complexity index is 579. The Morgan fingerprint density at radius 3 is 2.55 bits per heavy atom. The van der Waals surface area contributed by atoms with Crippen molar-refractivity contribution in [2.75, 3.05) is 16.8 Å². The number of benzene rings is 1. The number of Topliss-reactive ketones (excluding diaryl/α,β-unsaturated/α-hetero) is 1. The standard InChI is InChI=1S/C15H15Br2NO2/c16-8-15(6-1-2-7-15)9-18-11-5-3-4-10(17)12(11)13(19)14(18)20/h3-5H,1-2,6-9H2. The Kier molecular flexibility index (Phi) is 3.75. The number of ketones is 1. The third kappa shape index (κ3) is 2.15. The lowest BCUT2D eigenvalue weighted by molar-refractivity contribution is -0.114. The van der Waals surface area contributed by atoms with Crippen LogP contribution >= 0.6 is 31.9 Å². The number of anilines is 1. The lowest BCUT2D eigenvalue weighted by Gasteiger charge is -2.31. The molecule has 0 radical (unpaired) electrons. The number of rotatable bonds is 3. The first-order chi connectivity index (χ1) is 9.58. The topological polar surface area (TPSA) is 37.4 Å². The lowest BCUT2D eigenvalue weighted by Crippen LogP contribution is -2.40. The molecule has 1 aliphatic heterocycles. The molecule has 0 atom stereocenters. The molecule has 0 N–H and O–H groups in total. The molecule has 0 saturated heterocycles. The summed E-state index contributed by atoms with van der Waals surface area (Å²) in [5, 5.41) is 0.876. The summed E-state index contributed by atoms with van der Waals surface area (Å²) in [5.74, 6) is -0.783. The van der Waals surface area contributed by atoms with Crippen molar-refractivity contribution in [3.05, 3.63) is 28.2 Å². The molecule has 106 valence electrons. The molecular weight excluding hydrogens is 386 g/mol. The Morgan fingerprint density at radius 1 is 1.20 bits per heavy atom. The highest BCUT2D eigenvalue weighted by molar-refractivity contribution is 9.10. The highest BCUT2D eigenvalue weighted by Crippen LogP contribution is 2.43. The van der Waals surface area contributed by atoms with Crippen LogP contribution in [0.25, 0.3) is 0 Å². The number of alkyl halides is 1. The highest BCUT2D eigenvalue weighted by Gasteiger charge is 2.43. The van der Waals surface area contributed by atoms with Gasteiger partial charge in [-0.05, 0) is 46.3 Å². The molecule has 0 unspecified atom stereocenters. The first kappa shape index (κ1) is 14.3. The molecule has 1 saturated carbocycles. The molecule has 1 fully saturated rings. The van der Waals surface area contributed by atoms with E-state index < -0.39 is 5.78 Å². The predicted molar refractivity (Wildman–Crippen MR) is 85.5 cm³/mol. The number of amides is 1. The molecular formula is C15H15Br2NO2. The van der Waals surface area contributed by atoms with E-state index >= 15 is 0 Å². The fourth-order valence-electron chi connectivity index (χ4n) is 3.25. The van der Waals surface area contributed by atoms with Gasteiger partial charge in [0.2, 0.25) is 0 Å². The number of carbonyl (C=O) groups excluding carboxylic acids is 2. The molecule has 1 heterocycles. The van der Waals surface area contributed by atoms with E-state index in [0.717, 1.165) is 23.9 Å². The van der Waals surface area contributed by atoms with Gasteiger partial charge in [-0.15, -0.1) is 0 Å². The third-order valence-electron chi connectivity index (χ3n) is 4.39. The molecule has 3 nitrogen and oxygen atoms in total. The van der Waals surface area contributed by atoms with Crippen LogP contribution in [0, 0.1) is 5.41 Å². The van der Waals surface area contributed by atoms with E-state index in [1.165, 1.54) is 12.8 Å². The highest BCUT2D eigenvalue weighted by atomic mass is 79.9. The van der Waals surface area contributed by atoms with Crippen LogP contribution in [0.4, 0.5) is 5.69 Å². The molecule has 0 bridgehead atoms. The minimum Gasteiger partial charge on any atom is -0.304 e. The fourth-order valence-corrected chi connectivity index (χ4v) is 4.53. The normalized spacial score (nSPS) is 20.6. The molecule has 1 aromatic carbocycles. The number of hydrogen-bond donors (Lipinski definition) is 0. The van der Waals surface area contributed by atoms with Gasteiger partial charge in [-0.1, -0.05) is 34.8 Å². The summed E-state index contributed by atoms with van der Waals surface area (Å²) < 4.78 is 0.704. The summed E-state index contributed by atoms with van der Waals surface area (Å²) in [4.78, 5) is 26.1. The summed E-state index contributed by atoms with van der Waals surface area (Å²) in [5.41, 5.74) is 1.38. The second-order valence-electron chi connectivity index (χ2n) is 5.70. The number of halogens is 2. The summed E-state index contributed by atoms with van der Waals surface area (Å²) in [6, 6.07) is 5.54. The molecule has 0 spiro atoms. The van der Waals surface area contributed by atoms with Crippen LogP contribution in [0.1, 0.15) is 36.0 Å². The van der Waals surface area contributed by atoms with Gasteiger partial charge in [-0.3, -0.25) is 9.59 Å². The fraction of sp³-hybridized carbons (Fsp3) is 0.467. The van der Waals surface area contributed by atoms with Gasteiger partial charge in [0.1, 0.15) is 0 Å². The van der Waals surface area contributed by atoms with E-state index in [0.29, 0.717) is 16.6 Å². The van der Waals surface area contributed by atoms with E-state index in [4.69, 9.17) is 0 Å². The van der Waals surface area contributed by atoms with Crippen LogP contribution in [-0.2, 0) is 4.79 Å². The van der Waals surface area contributed by atoms with Crippen molar-refractivity contribution in [2.45, 2.75) is 25.7 Å². The van der Waals surface area contributed by atoms with Gasteiger partial charge in [0.25, 0.3) is 11.7 Å². The zero-order valence-electron chi connectivity index (χ0n) is 11.0. The predicted octanol–water partition coefficient (Wildman–Crippen LogP) is 3.93. The van der Waals surface area contributed by atoms with Gasteiger partial charge in [0.05, 0.1) is 11.3 Å². The van der Waals surface area contributed by atoms with Crippen molar-refractivity contribution in [2.24, 2.45) is 5.41 Å². The van der Waals surface area contributed by atoms with Crippen molar-refractivity contribution in [3.63, 3.8) is 0 Å². The Hall–Kier alpha value is -0.680. The molecule has 1 aromatic rings. The van der Waals surface area contributed by atoms with Crippen molar-refractivity contribution in [3.8, 4) is 0 Å². The van der Waals surface area contributed by atoms with E-state index in [2.05, 4.69) is 31.9 Å². The SMILES string of the molecule is O=C1C(=O)N(CC2(CBr)CCCC2)c2cccc(Br)c21. The smallest absolute Gasteiger partial charge is 0.299 e. The summed E-state index contributed by atoms with van der Waals surface area (Å²) in [7, 11) is 0. The van der Waals surface area contributed by atoms with Crippen LogP contribution in [0.5, 0.6) is 0 Å². The molecule has 5 heteroatoms. The number of nitrogens with zero attached hydrogens (tertiary/aromatic N) is 1. The van der Waals surface area contributed by atoms with Crippen molar-refractivity contribution in [1.29, 1.82) is 0 Å². The van der Waals surface area contributed by atoms with Gasteiger partial charge in [0.15, 0.2) is 0 Å². The van der Waals surface area contributed by atoms with E-state index in [-0.39, 0.29) is 11.3 Å². The monoisotopic (exact) mass is 399 g/mol. The van der Waals surface area contributed by atoms with Gasteiger partial charge >= 0.3 is 0 Å². The maximum atomic E-state index is 12.3. The first-order valence-electron chi connectivity index (χ1n) is 6.79. The molecule has 0 aromatic heterocycles. The minimum atomic E-state index is -0.393. The second kappa shape index (κ2) is 5.26. The molecule has 20 heavy (non-hydrogen) atoms. The summed E-state index contributed by atoms with van der Waals surface area (Å²) >= 11 is 6.97. The van der Waals surface area contributed by atoms with Crippen LogP contribution < -0.4 is 4.90 Å². The largest absolute Gasteiger partial charge is 0.304 e. The number of hydrogen-bond acceptors (Lipinski definition) is 2. The molecule has 1 amide bonds. The van der Waals surface area contributed by atoms with E-state index in [1.807, 2.05) is 18.2 Å². The average Bonchev–Trinajstić information content (AvgIpc) is 3.00. The summed E-state index contributed by atoms with van der Waals surface area (Å²) in [6.07, 6.45) is 4.62. The number of fused-ring (bicyclic) bond motifs is 1. The lowest BCUT2D eigenvalue weighted by atomic mass is 9.88. The van der Waals surface area contributed by atoms with Crippen LogP contribution in [0.3, 0.4) is 0 Å². The van der Waals surface area contributed by atoms with Crippen LogP contribution in [-0.4, -0.2) is 23.6 Å². The van der Waals surface area contributed by atoms with Gasteiger partial charge in [-0.2, -0.15) is 0 Å². The Morgan fingerprint density at radius 2 is 1.90 bits per heavy atom. The molecule has 2 aliphatic rings. The third-order valence-corrected chi connectivity index (χ3v) is 6.24. The number of carbonyl (C=O) groups is 2. The zero-order valence-corrected chi connectivity index (χ0v) is 14.2. The minimum absolute atomic E-state index is 0.111. The van der Waals surface area contributed by atoms with Gasteiger partial charge < -0.3 is 4.90 Å². The van der Waals surface area contributed by atoms with Crippen molar-refractivity contribution >= 4 is 49.2 Å². The Labute approximate surface area is 135 Å². The van der Waals surface area contributed by atoms with Crippen molar-refractivity contribution in [1.82, 2.24) is 0 Å². The van der Waals surface area contributed by atoms with Crippen molar-refractivity contribution < 1.29 is 9.59 Å². The molecule has 1 aliphatic carbocycles. The van der Waals surface area contributed by atoms with Gasteiger partial charge in [0, 0.05) is 16.3 Å². The zero-order chi connectivity index (χ0) is 14.3. The van der Waals surface area contributed by atoms with E-state index in [9.17, 15) is 9.59 Å². The molecule has 3 rings (SSSR count). The average molecular weight is 401 g/mol. The van der Waals surface area contributed by atoms with E-state index in [1.54, 1.807) is 4.90 Å².